The van der Waals surface area contributed by atoms with Crippen LogP contribution in [0.2, 0.25) is 0 Å². The summed E-state index contributed by atoms with van der Waals surface area (Å²) in [5, 5.41) is 8.96. The van der Waals surface area contributed by atoms with Crippen LogP contribution in [0, 0.1) is 11.3 Å². The molecule has 0 saturated heterocycles. The van der Waals surface area contributed by atoms with Gasteiger partial charge in [-0.15, -0.1) is 0 Å². The zero-order chi connectivity index (χ0) is 11.4. The Balaban J connectivity index is 2.21. The number of furan rings is 1. The summed E-state index contributed by atoms with van der Waals surface area (Å²) in [6, 6.07) is 7.54. The van der Waals surface area contributed by atoms with E-state index >= 15 is 0 Å². The first-order chi connectivity index (χ1) is 7.81. The van der Waals surface area contributed by atoms with Gasteiger partial charge in [0.15, 0.2) is 0 Å². The maximum absolute atomic E-state index is 8.96. The lowest BCUT2D eigenvalue weighted by molar-refractivity contribution is 0.563. The Labute approximate surface area is 93.7 Å². The van der Waals surface area contributed by atoms with Gasteiger partial charge < -0.3 is 9.32 Å². The molecule has 16 heavy (non-hydrogen) atoms. The van der Waals surface area contributed by atoms with Crippen LogP contribution in [0.3, 0.4) is 0 Å². The minimum Gasteiger partial charge on any atom is -0.472 e. The number of nitriles is 1. The van der Waals surface area contributed by atoms with Crippen LogP contribution in [0.25, 0.3) is 0 Å². The van der Waals surface area contributed by atoms with Crippen LogP contribution in [0.5, 0.6) is 0 Å². The van der Waals surface area contributed by atoms with E-state index in [4.69, 9.17) is 9.68 Å². The van der Waals surface area contributed by atoms with Crippen molar-refractivity contribution in [1.29, 1.82) is 5.26 Å². The molecule has 4 heteroatoms. The molecule has 0 unspecified atom stereocenters. The van der Waals surface area contributed by atoms with Crippen molar-refractivity contribution in [3.63, 3.8) is 0 Å². The van der Waals surface area contributed by atoms with E-state index in [1.165, 1.54) is 0 Å². The number of hydrogen-bond acceptors (Lipinski definition) is 4. The average molecular weight is 213 g/mol. The number of anilines is 1. The first-order valence-corrected chi connectivity index (χ1v) is 4.88. The van der Waals surface area contributed by atoms with Crippen molar-refractivity contribution in [2.75, 3.05) is 11.9 Å². The maximum atomic E-state index is 8.96. The molecular formula is C12H11N3O. The number of hydrogen-bond donors (Lipinski definition) is 0. The standard InChI is InChI=1S/C12H11N3O/c1-15(8-10-4-6-16-9-10)12-11(7-13)3-2-5-14-12/h2-6,9H,8H2,1H3. The average Bonchev–Trinajstić information content (AvgIpc) is 2.81. The van der Waals surface area contributed by atoms with Crippen LogP contribution in [-0.2, 0) is 6.54 Å². The van der Waals surface area contributed by atoms with E-state index < -0.39 is 0 Å². The molecule has 0 aliphatic heterocycles. The molecule has 0 atom stereocenters. The van der Waals surface area contributed by atoms with E-state index in [0.29, 0.717) is 17.9 Å². The Bertz CT molecular complexity index is 499. The second-order valence-electron chi connectivity index (χ2n) is 3.47. The molecule has 0 saturated carbocycles. The molecule has 0 amide bonds. The van der Waals surface area contributed by atoms with Gasteiger partial charge in [0.2, 0.25) is 0 Å². The molecule has 4 nitrogen and oxygen atoms in total. The fourth-order valence-corrected chi connectivity index (χ4v) is 1.52. The monoisotopic (exact) mass is 213 g/mol. The van der Waals surface area contributed by atoms with E-state index in [-0.39, 0.29) is 0 Å². The van der Waals surface area contributed by atoms with Gasteiger partial charge in [0.25, 0.3) is 0 Å². The molecule has 2 heterocycles. The molecule has 80 valence electrons. The van der Waals surface area contributed by atoms with Crippen LogP contribution in [0.1, 0.15) is 11.1 Å². The van der Waals surface area contributed by atoms with Crippen molar-refractivity contribution in [3.8, 4) is 6.07 Å². The predicted molar refractivity (Wildman–Crippen MR) is 59.8 cm³/mol. The number of rotatable bonds is 3. The zero-order valence-electron chi connectivity index (χ0n) is 8.92. The molecule has 0 aromatic carbocycles. The Hall–Kier alpha value is -2.28. The molecule has 0 aliphatic rings. The van der Waals surface area contributed by atoms with Gasteiger partial charge in [-0.05, 0) is 18.2 Å². The number of aromatic nitrogens is 1. The molecule has 2 aromatic rings. The Morgan fingerprint density at radius 1 is 1.50 bits per heavy atom. The van der Waals surface area contributed by atoms with Crippen molar-refractivity contribution in [3.05, 3.63) is 48.0 Å². The van der Waals surface area contributed by atoms with Gasteiger partial charge in [0.1, 0.15) is 11.9 Å². The maximum Gasteiger partial charge on any atom is 0.146 e. The van der Waals surface area contributed by atoms with Crippen LogP contribution < -0.4 is 4.90 Å². The molecule has 2 rings (SSSR count). The first kappa shape index (κ1) is 10.2. The number of nitrogens with zero attached hydrogens (tertiary/aromatic N) is 3. The fourth-order valence-electron chi connectivity index (χ4n) is 1.52. The lowest BCUT2D eigenvalue weighted by atomic mass is 10.2. The molecule has 2 aromatic heterocycles. The summed E-state index contributed by atoms with van der Waals surface area (Å²) in [5.74, 6) is 0.686. The minimum absolute atomic E-state index is 0.577. The lowest BCUT2D eigenvalue weighted by Crippen LogP contribution is -2.18. The summed E-state index contributed by atoms with van der Waals surface area (Å²) in [6.45, 7) is 0.669. The van der Waals surface area contributed by atoms with Gasteiger partial charge in [-0.3, -0.25) is 0 Å². The third-order valence-corrected chi connectivity index (χ3v) is 2.27. The van der Waals surface area contributed by atoms with Crippen LogP contribution >= 0.6 is 0 Å². The summed E-state index contributed by atoms with van der Waals surface area (Å²) in [7, 11) is 1.90. The third-order valence-electron chi connectivity index (χ3n) is 2.27. The second kappa shape index (κ2) is 4.49. The molecule has 0 radical (unpaired) electrons. The van der Waals surface area contributed by atoms with Crippen molar-refractivity contribution < 1.29 is 4.42 Å². The van der Waals surface area contributed by atoms with Gasteiger partial charge >= 0.3 is 0 Å². The summed E-state index contributed by atoms with van der Waals surface area (Å²) < 4.78 is 5.00. The van der Waals surface area contributed by atoms with Crippen LogP contribution in [0.15, 0.2) is 41.3 Å². The van der Waals surface area contributed by atoms with Gasteiger partial charge in [-0.25, -0.2) is 4.98 Å². The van der Waals surface area contributed by atoms with E-state index in [2.05, 4.69) is 11.1 Å². The van der Waals surface area contributed by atoms with Crippen molar-refractivity contribution in [1.82, 2.24) is 4.98 Å². The highest BCUT2D eigenvalue weighted by Gasteiger charge is 2.08. The van der Waals surface area contributed by atoms with E-state index in [1.54, 1.807) is 30.9 Å². The Kier molecular flexibility index (Phi) is 2.88. The van der Waals surface area contributed by atoms with Crippen molar-refractivity contribution >= 4 is 5.82 Å². The lowest BCUT2D eigenvalue weighted by Gasteiger charge is -2.17. The molecule has 0 fully saturated rings. The summed E-state index contributed by atoms with van der Waals surface area (Å²) >= 11 is 0. The summed E-state index contributed by atoms with van der Waals surface area (Å²) in [5.41, 5.74) is 1.63. The SMILES string of the molecule is CN(Cc1ccoc1)c1ncccc1C#N. The van der Waals surface area contributed by atoms with Gasteiger partial charge in [-0.2, -0.15) is 5.26 Å². The zero-order valence-corrected chi connectivity index (χ0v) is 8.92. The van der Waals surface area contributed by atoms with Crippen molar-refractivity contribution in [2.24, 2.45) is 0 Å². The Morgan fingerprint density at radius 2 is 2.38 bits per heavy atom. The summed E-state index contributed by atoms with van der Waals surface area (Å²) in [6.07, 6.45) is 5.00. The quantitative estimate of drug-likeness (QED) is 0.784. The van der Waals surface area contributed by atoms with Crippen molar-refractivity contribution in [2.45, 2.75) is 6.54 Å². The molecular weight excluding hydrogens is 202 g/mol. The molecule has 0 spiro atoms. The molecule has 0 aliphatic carbocycles. The minimum atomic E-state index is 0.577. The smallest absolute Gasteiger partial charge is 0.146 e. The highest BCUT2D eigenvalue weighted by molar-refractivity contribution is 5.53. The summed E-state index contributed by atoms with van der Waals surface area (Å²) in [4.78, 5) is 6.12. The van der Waals surface area contributed by atoms with Gasteiger partial charge in [0, 0.05) is 25.4 Å². The second-order valence-corrected chi connectivity index (χ2v) is 3.47. The normalized spacial score (nSPS) is 9.75. The Morgan fingerprint density at radius 3 is 3.06 bits per heavy atom. The first-order valence-electron chi connectivity index (χ1n) is 4.88. The van der Waals surface area contributed by atoms with Crippen LogP contribution in [0.4, 0.5) is 5.82 Å². The third kappa shape index (κ3) is 2.04. The molecule has 0 bridgehead atoms. The van der Waals surface area contributed by atoms with E-state index in [0.717, 1.165) is 5.56 Å². The topological polar surface area (TPSA) is 53.1 Å². The largest absolute Gasteiger partial charge is 0.472 e. The number of pyridine rings is 1. The van der Waals surface area contributed by atoms with E-state index in [9.17, 15) is 0 Å². The highest BCUT2D eigenvalue weighted by atomic mass is 16.3. The fraction of sp³-hybridized carbons (Fsp3) is 0.167. The van der Waals surface area contributed by atoms with Gasteiger partial charge in [0.05, 0.1) is 18.1 Å². The highest BCUT2D eigenvalue weighted by Crippen LogP contribution is 2.16. The predicted octanol–water partition coefficient (Wildman–Crippen LogP) is 2.18. The van der Waals surface area contributed by atoms with Crippen LogP contribution in [-0.4, -0.2) is 12.0 Å². The molecule has 0 N–H and O–H groups in total. The van der Waals surface area contributed by atoms with Gasteiger partial charge in [-0.1, -0.05) is 0 Å². The van der Waals surface area contributed by atoms with E-state index in [1.807, 2.05) is 18.0 Å².